The highest BCUT2D eigenvalue weighted by atomic mass is 16.5. The Morgan fingerprint density at radius 3 is 1.32 bits per heavy atom. The number of carbonyl (C=O) groups is 1. The summed E-state index contributed by atoms with van der Waals surface area (Å²) in [5.74, 6) is 3.72. The number of hydrogen-bond acceptors (Lipinski definition) is 5. The van der Waals surface area contributed by atoms with Crippen molar-refractivity contribution in [2.45, 2.75) is 27.7 Å². The van der Waals surface area contributed by atoms with Crippen LogP contribution in [0.5, 0.6) is 34.5 Å². The minimum absolute atomic E-state index is 0.0896. The van der Waals surface area contributed by atoms with Crippen molar-refractivity contribution < 1.29 is 23.7 Å². The van der Waals surface area contributed by atoms with E-state index < -0.39 is 0 Å². The van der Waals surface area contributed by atoms with E-state index in [9.17, 15) is 4.79 Å². The number of hydrogen-bond donors (Lipinski definition) is 0. The van der Waals surface area contributed by atoms with Crippen molar-refractivity contribution in [2.75, 3.05) is 13.2 Å². The van der Waals surface area contributed by atoms with Gasteiger partial charge in [0.25, 0.3) is 0 Å². The first-order chi connectivity index (χ1) is 19.5. The molecular weight excluding hydrogens is 500 g/mol. The summed E-state index contributed by atoms with van der Waals surface area (Å²) in [5, 5.41) is 0. The highest BCUT2D eigenvalue weighted by molar-refractivity contribution is 6.09. The van der Waals surface area contributed by atoms with Crippen LogP contribution in [0.1, 0.15) is 54.7 Å². The fourth-order valence-corrected chi connectivity index (χ4v) is 4.12. The quantitative estimate of drug-likeness (QED) is 0.170. The van der Waals surface area contributed by atoms with Gasteiger partial charge < -0.3 is 18.9 Å². The Bertz CT molecular complexity index is 1370. The van der Waals surface area contributed by atoms with Crippen molar-refractivity contribution >= 4 is 17.9 Å². The maximum atomic E-state index is 13.2. The molecule has 204 valence electrons. The van der Waals surface area contributed by atoms with Gasteiger partial charge in [-0.15, -0.1) is 0 Å². The van der Waals surface area contributed by atoms with Gasteiger partial charge in [0.15, 0.2) is 28.8 Å². The molecule has 0 radical (unpaired) electrons. The predicted octanol–water partition coefficient (Wildman–Crippen LogP) is 9.37. The molecule has 0 aliphatic heterocycles. The summed E-state index contributed by atoms with van der Waals surface area (Å²) in [5.41, 5.74) is 3.15. The van der Waals surface area contributed by atoms with Crippen LogP contribution in [0.2, 0.25) is 0 Å². The number of ether oxygens (including phenoxy) is 4. The van der Waals surface area contributed by atoms with Crippen LogP contribution in [0, 0.1) is 0 Å². The normalized spacial score (nSPS) is 11.1. The summed E-state index contributed by atoms with van der Waals surface area (Å²) in [6.45, 7) is 8.87. The van der Waals surface area contributed by atoms with Crippen LogP contribution < -0.4 is 18.9 Å². The molecule has 0 atom stereocenters. The van der Waals surface area contributed by atoms with Gasteiger partial charge in [-0.25, -0.2) is 0 Å². The van der Waals surface area contributed by atoms with E-state index in [0.29, 0.717) is 58.8 Å². The lowest BCUT2D eigenvalue weighted by atomic mass is 10.0. The predicted molar refractivity (Wildman–Crippen MR) is 161 cm³/mol. The molecule has 0 unspecified atom stereocenters. The molecule has 0 spiro atoms. The molecule has 4 rings (SSSR count). The Hall–Kier alpha value is -4.77. The van der Waals surface area contributed by atoms with Gasteiger partial charge in [-0.1, -0.05) is 36.4 Å². The van der Waals surface area contributed by atoms with Crippen LogP contribution in [0.3, 0.4) is 0 Å². The molecule has 0 N–H and O–H groups in total. The average Bonchev–Trinajstić information content (AvgIpc) is 2.97. The first kappa shape index (κ1) is 28.2. The van der Waals surface area contributed by atoms with Crippen LogP contribution in [0.15, 0.2) is 97.1 Å². The van der Waals surface area contributed by atoms with Gasteiger partial charge in [0.1, 0.15) is 11.5 Å². The van der Waals surface area contributed by atoms with E-state index in [4.69, 9.17) is 18.9 Å². The van der Waals surface area contributed by atoms with Crippen molar-refractivity contribution in [1.29, 1.82) is 0 Å². The molecule has 0 bridgehead atoms. The number of allylic oxidation sites excluding steroid dienone is 2. The van der Waals surface area contributed by atoms with E-state index in [1.54, 1.807) is 48.5 Å². The monoisotopic (exact) mass is 534 g/mol. The summed E-state index contributed by atoms with van der Waals surface area (Å²) in [6.07, 6.45) is 7.94. The second-order valence-corrected chi connectivity index (χ2v) is 8.86. The van der Waals surface area contributed by atoms with Gasteiger partial charge in [-0.05, 0) is 112 Å². The molecule has 0 aromatic heterocycles. The van der Waals surface area contributed by atoms with Crippen LogP contribution in [0.4, 0.5) is 0 Å². The van der Waals surface area contributed by atoms with Crippen molar-refractivity contribution in [1.82, 2.24) is 0 Å². The third-order valence-electron chi connectivity index (χ3n) is 5.94. The van der Waals surface area contributed by atoms with Crippen molar-refractivity contribution in [2.24, 2.45) is 0 Å². The zero-order valence-electron chi connectivity index (χ0n) is 23.3. The lowest BCUT2D eigenvalue weighted by molar-refractivity contribution is 0.103. The second kappa shape index (κ2) is 13.9. The summed E-state index contributed by atoms with van der Waals surface area (Å²) in [4.78, 5) is 13.2. The molecule has 4 aromatic rings. The Balaban J connectivity index is 1.47. The minimum Gasteiger partial charge on any atom is -0.490 e. The van der Waals surface area contributed by atoms with Crippen molar-refractivity contribution in [3.8, 4) is 34.5 Å². The minimum atomic E-state index is -0.0896. The topological polar surface area (TPSA) is 54.0 Å². The van der Waals surface area contributed by atoms with Crippen LogP contribution in [-0.2, 0) is 0 Å². The van der Waals surface area contributed by atoms with Gasteiger partial charge in [0, 0.05) is 11.1 Å². The van der Waals surface area contributed by atoms with Gasteiger partial charge in [-0.2, -0.15) is 0 Å². The Morgan fingerprint density at radius 2 is 0.975 bits per heavy atom. The third kappa shape index (κ3) is 7.20. The summed E-state index contributed by atoms with van der Waals surface area (Å²) in [6, 6.07) is 25.8. The SMILES string of the molecule is CC=Cc1ccc(OCC)c(Oc2ccc(C(=O)c3ccc(Oc4cc(C=CC)ccc4OCC)cc3)cc2)c1. The number of carbonyl (C=O) groups excluding carboxylic acids is 1. The molecule has 0 saturated heterocycles. The van der Waals surface area contributed by atoms with E-state index >= 15 is 0 Å². The Morgan fingerprint density at radius 1 is 0.575 bits per heavy atom. The van der Waals surface area contributed by atoms with Gasteiger partial charge in [-0.3, -0.25) is 4.79 Å². The van der Waals surface area contributed by atoms with Crippen LogP contribution in [-0.4, -0.2) is 19.0 Å². The van der Waals surface area contributed by atoms with E-state index in [1.807, 2.05) is 88.4 Å². The standard InChI is InChI=1S/C35H34O5/c1-5-9-25-11-21-31(37-7-3)33(23-25)39-29-17-13-27(14-18-29)35(36)28-15-19-30(20-16-28)40-34-24-26(10-6-2)12-22-32(34)38-8-4/h5-6,9-24H,7-8H2,1-4H3. The number of ketones is 1. The molecule has 0 heterocycles. The van der Waals surface area contributed by atoms with Crippen molar-refractivity contribution in [3.63, 3.8) is 0 Å². The fourth-order valence-electron chi connectivity index (χ4n) is 4.12. The molecule has 4 aromatic carbocycles. The molecule has 0 fully saturated rings. The lowest BCUT2D eigenvalue weighted by Crippen LogP contribution is -2.01. The molecule has 40 heavy (non-hydrogen) atoms. The first-order valence-corrected chi connectivity index (χ1v) is 13.4. The van der Waals surface area contributed by atoms with Gasteiger partial charge in [0.05, 0.1) is 13.2 Å². The number of rotatable bonds is 12. The smallest absolute Gasteiger partial charge is 0.193 e. The number of benzene rings is 4. The van der Waals surface area contributed by atoms with Crippen LogP contribution in [0.25, 0.3) is 12.2 Å². The fraction of sp³-hybridized carbons (Fsp3) is 0.171. The van der Waals surface area contributed by atoms with Crippen LogP contribution >= 0.6 is 0 Å². The summed E-state index contributed by atoms with van der Waals surface area (Å²) >= 11 is 0. The zero-order chi connectivity index (χ0) is 28.3. The molecule has 0 aliphatic carbocycles. The second-order valence-electron chi connectivity index (χ2n) is 8.86. The van der Waals surface area contributed by atoms with E-state index in [2.05, 4.69) is 0 Å². The van der Waals surface area contributed by atoms with E-state index in [0.717, 1.165) is 11.1 Å². The molecule has 0 saturated carbocycles. The summed E-state index contributed by atoms with van der Waals surface area (Å²) < 4.78 is 23.7. The molecule has 5 nitrogen and oxygen atoms in total. The average molecular weight is 535 g/mol. The van der Waals surface area contributed by atoms with Gasteiger partial charge in [0.2, 0.25) is 0 Å². The Kier molecular flexibility index (Phi) is 9.78. The highest BCUT2D eigenvalue weighted by Crippen LogP contribution is 2.35. The lowest BCUT2D eigenvalue weighted by Gasteiger charge is -2.13. The Labute approximate surface area is 236 Å². The zero-order valence-corrected chi connectivity index (χ0v) is 23.3. The molecular formula is C35H34O5. The van der Waals surface area contributed by atoms with Crippen molar-refractivity contribution in [3.05, 3.63) is 119 Å². The van der Waals surface area contributed by atoms with E-state index in [-0.39, 0.29) is 5.78 Å². The molecule has 0 amide bonds. The van der Waals surface area contributed by atoms with E-state index in [1.165, 1.54) is 0 Å². The highest BCUT2D eigenvalue weighted by Gasteiger charge is 2.13. The molecule has 0 aliphatic rings. The molecule has 5 heteroatoms. The maximum absolute atomic E-state index is 13.2. The maximum Gasteiger partial charge on any atom is 0.193 e. The first-order valence-electron chi connectivity index (χ1n) is 13.4. The largest absolute Gasteiger partial charge is 0.490 e. The summed E-state index contributed by atoms with van der Waals surface area (Å²) in [7, 11) is 0. The van der Waals surface area contributed by atoms with Gasteiger partial charge >= 0.3 is 0 Å². The third-order valence-corrected chi connectivity index (χ3v) is 5.94.